The molecule has 2 fully saturated rings. The molecule has 1 atom stereocenters. The highest BCUT2D eigenvalue weighted by atomic mass is 16.5. The minimum atomic E-state index is -0.283. The van der Waals surface area contributed by atoms with Crippen molar-refractivity contribution in [2.75, 3.05) is 73.2 Å². The Kier molecular flexibility index (Phi) is 10.7. The third-order valence-electron chi connectivity index (χ3n) is 11.0. The number of ether oxygens (including phenoxy) is 5. The number of piperidine rings is 1. The molecule has 0 spiro atoms. The average molecular weight is 724 g/mol. The summed E-state index contributed by atoms with van der Waals surface area (Å²) in [5.74, 6) is 3.54. The number of fused-ring (bicyclic) bond motifs is 1. The van der Waals surface area contributed by atoms with Crippen LogP contribution in [0.25, 0.3) is 11.0 Å². The van der Waals surface area contributed by atoms with Crippen molar-refractivity contribution in [3.63, 3.8) is 0 Å². The number of benzene rings is 3. The lowest BCUT2D eigenvalue weighted by Crippen LogP contribution is -2.46. The number of H-pyrrole nitrogens is 1. The zero-order valence-corrected chi connectivity index (χ0v) is 31.2. The topological polar surface area (TPSA) is 115 Å². The molecular formula is C41H49N5O7. The zero-order chi connectivity index (χ0) is 37.0. The largest absolute Gasteiger partial charge is 0.493 e. The van der Waals surface area contributed by atoms with E-state index in [4.69, 9.17) is 33.1 Å². The number of nitrogens with zero attached hydrogens (tertiary/aromatic N) is 4. The molecule has 53 heavy (non-hydrogen) atoms. The number of amides is 1. The van der Waals surface area contributed by atoms with Crippen LogP contribution >= 0.6 is 0 Å². The maximum absolute atomic E-state index is 14.1. The molecule has 3 aromatic carbocycles. The van der Waals surface area contributed by atoms with E-state index in [-0.39, 0.29) is 11.3 Å². The zero-order valence-electron chi connectivity index (χ0n) is 31.2. The number of furan rings is 1. The summed E-state index contributed by atoms with van der Waals surface area (Å²) < 4.78 is 33.4. The Morgan fingerprint density at radius 1 is 0.887 bits per heavy atom. The summed E-state index contributed by atoms with van der Waals surface area (Å²) in [6.07, 6.45) is 7.25. The van der Waals surface area contributed by atoms with E-state index >= 15 is 0 Å². The van der Waals surface area contributed by atoms with Crippen molar-refractivity contribution in [1.29, 1.82) is 0 Å². The van der Waals surface area contributed by atoms with Crippen LogP contribution in [0.5, 0.6) is 28.7 Å². The predicted molar refractivity (Wildman–Crippen MR) is 203 cm³/mol. The van der Waals surface area contributed by atoms with Crippen molar-refractivity contribution >= 4 is 22.9 Å². The minimum absolute atomic E-state index is 0.0734. The maximum Gasteiger partial charge on any atom is 0.254 e. The van der Waals surface area contributed by atoms with E-state index < -0.39 is 0 Å². The quantitative estimate of drug-likeness (QED) is 0.135. The van der Waals surface area contributed by atoms with Gasteiger partial charge in [-0.05, 0) is 80.3 Å². The number of para-hydroxylation sites is 2. The fourth-order valence-electron chi connectivity index (χ4n) is 8.04. The van der Waals surface area contributed by atoms with Gasteiger partial charge in [-0.1, -0.05) is 18.2 Å². The first kappa shape index (κ1) is 36.0. The van der Waals surface area contributed by atoms with E-state index in [1.165, 1.54) is 0 Å². The molecule has 2 aliphatic rings. The fourth-order valence-corrected chi connectivity index (χ4v) is 8.04. The van der Waals surface area contributed by atoms with Crippen molar-refractivity contribution in [1.82, 2.24) is 19.8 Å². The monoisotopic (exact) mass is 723 g/mol. The molecule has 4 heterocycles. The van der Waals surface area contributed by atoms with Gasteiger partial charge in [-0.15, -0.1) is 0 Å². The second-order valence-electron chi connectivity index (χ2n) is 13.9. The first-order valence-electron chi connectivity index (χ1n) is 18.1. The molecule has 1 N–H and O–H groups in total. The number of carbonyl (C=O) groups is 1. The molecule has 2 saturated heterocycles. The fraction of sp³-hybridized carbons (Fsp3) is 0.415. The van der Waals surface area contributed by atoms with Gasteiger partial charge in [0.1, 0.15) is 0 Å². The van der Waals surface area contributed by atoms with E-state index in [0.29, 0.717) is 53.4 Å². The molecule has 12 heteroatoms. The highest BCUT2D eigenvalue weighted by Crippen LogP contribution is 2.43. The molecule has 12 nitrogen and oxygen atoms in total. The Morgan fingerprint density at radius 2 is 1.62 bits per heavy atom. The maximum atomic E-state index is 14.1. The van der Waals surface area contributed by atoms with Crippen molar-refractivity contribution in [2.24, 2.45) is 0 Å². The molecule has 0 saturated carbocycles. The van der Waals surface area contributed by atoms with Gasteiger partial charge in [-0.25, -0.2) is 4.98 Å². The van der Waals surface area contributed by atoms with Crippen LogP contribution in [0, 0.1) is 0 Å². The van der Waals surface area contributed by atoms with Crippen molar-refractivity contribution < 1.29 is 32.9 Å². The number of nitrogens with one attached hydrogen (secondary N) is 1. The lowest BCUT2D eigenvalue weighted by atomic mass is 9.76. The van der Waals surface area contributed by atoms with E-state index in [1.807, 2.05) is 41.5 Å². The number of likely N-dealkylation sites (tertiary alicyclic amines) is 2. The lowest BCUT2D eigenvalue weighted by molar-refractivity contribution is 0.0779. The van der Waals surface area contributed by atoms with Crippen molar-refractivity contribution in [2.45, 2.75) is 43.7 Å². The van der Waals surface area contributed by atoms with Gasteiger partial charge in [0.05, 0.1) is 59.1 Å². The van der Waals surface area contributed by atoms with Crippen molar-refractivity contribution in [3.05, 3.63) is 89.9 Å². The summed E-state index contributed by atoms with van der Waals surface area (Å²) in [4.78, 5) is 29.6. The summed E-state index contributed by atoms with van der Waals surface area (Å²) in [5.41, 5.74) is 4.47. The Bertz CT molecular complexity index is 1950. The first-order chi connectivity index (χ1) is 25.9. The lowest BCUT2D eigenvalue weighted by Gasteiger charge is -2.40. The molecule has 0 bridgehead atoms. The van der Waals surface area contributed by atoms with Crippen LogP contribution in [-0.4, -0.2) is 100.0 Å². The summed E-state index contributed by atoms with van der Waals surface area (Å²) in [5, 5.41) is 0. The highest BCUT2D eigenvalue weighted by molar-refractivity contribution is 5.96. The van der Waals surface area contributed by atoms with Crippen LogP contribution in [0.15, 0.2) is 77.6 Å². The van der Waals surface area contributed by atoms with E-state index in [9.17, 15) is 4.79 Å². The van der Waals surface area contributed by atoms with Crippen LogP contribution in [0.1, 0.15) is 47.2 Å². The molecule has 280 valence electrons. The molecule has 0 radical (unpaired) electrons. The standard InChI is InChI=1S/C41H49N5O7/c1-48-34-11-10-30(24-35(34)49-2)41(16-20-45(27-41)39(47)29-22-36(50-3)38(52-5)37(23-29)51-4)15-19-44-17-12-31(13-18-44)46(25-28-14-21-53-26-28)40-42-32-8-6-7-9-33(32)43-40/h6-11,14,21-24,26,31H,12-13,15-20,25,27H2,1-5H3,(H,42,43). The SMILES string of the molecule is COc1ccc(C2(CCN3CCC(N(Cc4ccoc4)c4nc5ccccc5[nH]4)CC3)CCN(C(=O)c3cc(OC)c(OC)c(OC)c3)C2)cc1OC. The number of anilines is 1. The summed E-state index contributed by atoms with van der Waals surface area (Å²) >= 11 is 0. The summed E-state index contributed by atoms with van der Waals surface area (Å²) in [6.45, 7) is 4.73. The number of rotatable bonds is 14. The average Bonchev–Trinajstić information content (AvgIpc) is 3.99. The molecular weight excluding hydrogens is 674 g/mol. The Balaban J connectivity index is 1.09. The first-order valence-corrected chi connectivity index (χ1v) is 18.1. The van der Waals surface area contributed by atoms with E-state index in [0.717, 1.165) is 80.0 Å². The van der Waals surface area contributed by atoms with Gasteiger partial charge in [0, 0.05) is 55.3 Å². The highest BCUT2D eigenvalue weighted by Gasteiger charge is 2.42. The molecule has 2 aliphatic heterocycles. The second kappa shape index (κ2) is 15.7. The number of aromatic amines is 1. The Morgan fingerprint density at radius 3 is 2.28 bits per heavy atom. The number of aromatic nitrogens is 2. The molecule has 7 rings (SSSR count). The number of hydrogen-bond donors (Lipinski definition) is 1. The molecule has 5 aromatic rings. The van der Waals surface area contributed by atoms with Gasteiger partial charge in [0.25, 0.3) is 5.91 Å². The number of methoxy groups -OCH3 is 5. The van der Waals surface area contributed by atoms with Gasteiger partial charge in [-0.2, -0.15) is 0 Å². The number of hydrogen-bond acceptors (Lipinski definition) is 10. The summed E-state index contributed by atoms with van der Waals surface area (Å²) in [7, 11) is 7.98. The van der Waals surface area contributed by atoms with Crippen LogP contribution in [0.4, 0.5) is 5.95 Å². The van der Waals surface area contributed by atoms with Crippen LogP contribution in [-0.2, 0) is 12.0 Å². The minimum Gasteiger partial charge on any atom is -0.493 e. The van der Waals surface area contributed by atoms with Gasteiger partial charge in [-0.3, -0.25) is 4.79 Å². The number of carbonyl (C=O) groups excluding carboxylic acids is 1. The van der Waals surface area contributed by atoms with Gasteiger partial charge in [0.2, 0.25) is 11.7 Å². The van der Waals surface area contributed by atoms with Gasteiger partial charge in [0.15, 0.2) is 23.0 Å². The van der Waals surface area contributed by atoms with Gasteiger partial charge < -0.3 is 47.8 Å². The normalized spacial score (nSPS) is 17.9. The van der Waals surface area contributed by atoms with Crippen molar-refractivity contribution in [3.8, 4) is 28.7 Å². The molecule has 1 unspecified atom stereocenters. The van der Waals surface area contributed by atoms with Gasteiger partial charge >= 0.3 is 0 Å². The second-order valence-corrected chi connectivity index (χ2v) is 13.9. The summed E-state index contributed by atoms with van der Waals surface area (Å²) in [6, 6.07) is 20.1. The third-order valence-corrected chi connectivity index (χ3v) is 11.0. The molecule has 2 aromatic heterocycles. The predicted octanol–water partition coefficient (Wildman–Crippen LogP) is 6.54. The van der Waals surface area contributed by atoms with Crippen LogP contribution in [0.2, 0.25) is 0 Å². The smallest absolute Gasteiger partial charge is 0.254 e. The van der Waals surface area contributed by atoms with Crippen LogP contribution in [0.3, 0.4) is 0 Å². The Labute approximate surface area is 310 Å². The molecule has 1 amide bonds. The third kappa shape index (κ3) is 7.33. The van der Waals surface area contributed by atoms with E-state index in [2.05, 4.69) is 33.0 Å². The van der Waals surface area contributed by atoms with Crippen LogP contribution < -0.4 is 28.6 Å². The Hall–Kier alpha value is -5.36. The number of imidazole rings is 1. The van der Waals surface area contributed by atoms with E-state index in [1.54, 1.807) is 53.9 Å². The molecule has 0 aliphatic carbocycles.